The van der Waals surface area contributed by atoms with Gasteiger partial charge in [0.2, 0.25) is 0 Å². The summed E-state index contributed by atoms with van der Waals surface area (Å²) in [5, 5.41) is 4.52. The van der Waals surface area contributed by atoms with Gasteiger partial charge in [-0.1, -0.05) is 0 Å². The summed E-state index contributed by atoms with van der Waals surface area (Å²) in [5.74, 6) is 0.557. The van der Waals surface area contributed by atoms with Crippen LogP contribution in [0.25, 0.3) is 0 Å². The standard InChI is InChI=1S/C16H21N5O/c1-12-9-13(2)21(19-12)11-14-3-7-20(8-4-14)16(22)15-10-17-5-6-18-15/h5-6,9-10,14H,3-4,7-8,11H2,1-2H3. The molecule has 6 heteroatoms. The average molecular weight is 299 g/mol. The lowest BCUT2D eigenvalue weighted by Crippen LogP contribution is -2.39. The van der Waals surface area contributed by atoms with Gasteiger partial charge >= 0.3 is 0 Å². The Morgan fingerprint density at radius 1 is 1.27 bits per heavy atom. The zero-order valence-electron chi connectivity index (χ0n) is 13.1. The molecule has 2 aromatic heterocycles. The number of carbonyl (C=O) groups excluding carboxylic acids is 1. The van der Waals surface area contributed by atoms with E-state index in [0.29, 0.717) is 11.6 Å². The van der Waals surface area contributed by atoms with Gasteiger partial charge < -0.3 is 4.90 Å². The predicted molar refractivity (Wildman–Crippen MR) is 82.4 cm³/mol. The lowest BCUT2D eigenvalue weighted by atomic mass is 9.96. The molecule has 0 spiro atoms. The maximum Gasteiger partial charge on any atom is 0.274 e. The molecule has 0 bridgehead atoms. The molecule has 0 saturated carbocycles. The van der Waals surface area contributed by atoms with Crippen LogP contribution in [-0.4, -0.2) is 43.6 Å². The number of hydrogen-bond acceptors (Lipinski definition) is 4. The summed E-state index contributed by atoms with van der Waals surface area (Å²) in [6.07, 6.45) is 6.68. The smallest absolute Gasteiger partial charge is 0.274 e. The van der Waals surface area contributed by atoms with E-state index in [2.05, 4.69) is 32.7 Å². The normalized spacial score (nSPS) is 16.0. The first-order valence-electron chi connectivity index (χ1n) is 7.70. The van der Waals surface area contributed by atoms with Gasteiger partial charge in [-0.05, 0) is 38.7 Å². The van der Waals surface area contributed by atoms with Crippen LogP contribution in [-0.2, 0) is 6.54 Å². The number of aromatic nitrogens is 4. The highest BCUT2D eigenvalue weighted by atomic mass is 16.2. The minimum atomic E-state index is -0.0161. The number of carbonyl (C=O) groups is 1. The molecule has 1 amide bonds. The zero-order chi connectivity index (χ0) is 15.5. The predicted octanol–water partition coefficient (Wildman–Crippen LogP) is 1.84. The number of aryl methyl sites for hydroxylation is 2. The molecule has 0 unspecified atom stereocenters. The van der Waals surface area contributed by atoms with E-state index in [1.807, 2.05) is 11.8 Å². The van der Waals surface area contributed by atoms with Gasteiger partial charge in [0.15, 0.2) is 0 Å². The summed E-state index contributed by atoms with van der Waals surface area (Å²) in [5.41, 5.74) is 2.70. The van der Waals surface area contributed by atoms with Crippen LogP contribution in [0.1, 0.15) is 34.7 Å². The van der Waals surface area contributed by atoms with Crippen LogP contribution in [0.4, 0.5) is 0 Å². The molecule has 22 heavy (non-hydrogen) atoms. The molecule has 1 aliphatic rings. The fourth-order valence-corrected chi connectivity index (χ4v) is 2.99. The average Bonchev–Trinajstić information content (AvgIpc) is 2.86. The summed E-state index contributed by atoms with van der Waals surface area (Å²) in [4.78, 5) is 22.3. The fraction of sp³-hybridized carbons (Fsp3) is 0.500. The summed E-state index contributed by atoms with van der Waals surface area (Å²) in [6, 6.07) is 2.10. The third-order valence-corrected chi connectivity index (χ3v) is 4.22. The molecule has 1 aliphatic heterocycles. The minimum absolute atomic E-state index is 0.0161. The van der Waals surface area contributed by atoms with Gasteiger partial charge in [0.1, 0.15) is 5.69 Å². The van der Waals surface area contributed by atoms with Gasteiger partial charge in [0, 0.05) is 37.7 Å². The highest BCUT2D eigenvalue weighted by molar-refractivity contribution is 5.91. The second-order valence-corrected chi connectivity index (χ2v) is 5.94. The Kier molecular flexibility index (Phi) is 4.18. The Bertz CT molecular complexity index is 644. The minimum Gasteiger partial charge on any atom is -0.337 e. The second kappa shape index (κ2) is 6.25. The summed E-state index contributed by atoms with van der Waals surface area (Å²) < 4.78 is 2.08. The Morgan fingerprint density at radius 2 is 2.05 bits per heavy atom. The molecule has 6 nitrogen and oxygen atoms in total. The quantitative estimate of drug-likeness (QED) is 0.867. The topological polar surface area (TPSA) is 63.9 Å². The van der Waals surface area contributed by atoms with Crippen molar-refractivity contribution in [3.8, 4) is 0 Å². The van der Waals surface area contributed by atoms with Crippen LogP contribution in [0.15, 0.2) is 24.7 Å². The number of nitrogens with zero attached hydrogens (tertiary/aromatic N) is 5. The van der Waals surface area contributed by atoms with Crippen molar-refractivity contribution in [2.75, 3.05) is 13.1 Å². The van der Waals surface area contributed by atoms with Crippen molar-refractivity contribution in [1.82, 2.24) is 24.6 Å². The van der Waals surface area contributed by atoms with Gasteiger partial charge in [-0.3, -0.25) is 14.5 Å². The van der Waals surface area contributed by atoms with Crippen LogP contribution in [0, 0.1) is 19.8 Å². The fourth-order valence-electron chi connectivity index (χ4n) is 2.99. The Morgan fingerprint density at radius 3 is 2.64 bits per heavy atom. The molecular formula is C16H21N5O. The second-order valence-electron chi connectivity index (χ2n) is 5.94. The van der Waals surface area contributed by atoms with E-state index in [-0.39, 0.29) is 5.91 Å². The van der Waals surface area contributed by atoms with Crippen molar-refractivity contribution in [3.63, 3.8) is 0 Å². The third-order valence-electron chi connectivity index (χ3n) is 4.22. The Hall–Kier alpha value is -2.24. The number of piperidine rings is 1. The van der Waals surface area contributed by atoms with E-state index >= 15 is 0 Å². The molecule has 0 radical (unpaired) electrons. The van der Waals surface area contributed by atoms with Crippen LogP contribution >= 0.6 is 0 Å². The monoisotopic (exact) mass is 299 g/mol. The third kappa shape index (κ3) is 3.16. The van der Waals surface area contributed by atoms with Crippen molar-refractivity contribution < 1.29 is 4.79 Å². The lowest BCUT2D eigenvalue weighted by molar-refractivity contribution is 0.0674. The Balaban J connectivity index is 1.56. The van der Waals surface area contributed by atoms with Gasteiger partial charge in [0.05, 0.1) is 11.9 Å². The van der Waals surface area contributed by atoms with E-state index < -0.39 is 0 Å². The van der Waals surface area contributed by atoms with Crippen molar-refractivity contribution in [1.29, 1.82) is 0 Å². The van der Waals surface area contributed by atoms with Crippen molar-refractivity contribution in [2.45, 2.75) is 33.2 Å². The van der Waals surface area contributed by atoms with E-state index in [1.54, 1.807) is 12.4 Å². The molecule has 2 aromatic rings. The maximum absolute atomic E-state index is 12.3. The maximum atomic E-state index is 12.3. The van der Waals surface area contributed by atoms with Crippen LogP contribution in [0.2, 0.25) is 0 Å². The summed E-state index contributed by atoms with van der Waals surface area (Å²) in [7, 11) is 0. The number of amides is 1. The van der Waals surface area contributed by atoms with Gasteiger partial charge in [-0.15, -0.1) is 0 Å². The molecule has 116 valence electrons. The molecule has 3 heterocycles. The van der Waals surface area contributed by atoms with Gasteiger partial charge in [0.25, 0.3) is 5.91 Å². The number of likely N-dealkylation sites (tertiary alicyclic amines) is 1. The van der Waals surface area contributed by atoms with Crippen LogP contribution in [0.5, 0.6) is 0 Å². The number of hydrogen-bond donors (Lipinski definition) is 0. The molecule has 0 atom stereocenters. The van der Waals surface area contributed by atoms with E-state index in [1.165, 1.54) is 11.9 Å². The van der Waals surface area contributed by atoms with Crippen molar-refractivity contribution >= 4 is 5.91 Å². The molecule has 0 N–H and O–H groups in total. The molecule has 1 fully saturated rings. The zero-order valence-corrected chi connectivity index (χ0v) is 13.1. The SMILES string of the molecule is Cc1cc(C)n(CC2CCN(C(=O)c3cnccn3)CC2)n1. The van der Waals surface area contributed by atoms with Crippen LogP contribution < -0.4 is 0 Å². The van der Waals surface area contributed by atoms with E-state index in [4.69, 9.17) is 0 Å². The van der Waals surface area contributed by atoms with Crippen molar-refractivity contribution in [2.24, 2.45) is 5.92 Å². The highest BCUT2D eigenvalue weighted by Crippen LogP contribution is 2.21. The largest absolute Gasteiger partial charge is 0.337 e. The first kappa shape index (κ1) is 14.7. The lowest BCUT2D eigenvalue weighted by Gasteiger charge is -2.31. The van der Waals surface area contributed by atoms with Gasteiger partial charge in [-0.25, -0.2) is 4.98 Å². The molecule has 0 aliphatic carbocycles. The Labute approximate surface area is 130 Å². The highest BCUT2D eigenvalue weighted by Gasteiger charge is 2.25. The first-order chi connectivity index (χ1) is 10.6. The first-order valence-corrected chi connectivity index (χ1v) is 7.70. The molecule has 0 aromatic carbocycles. The summed E-state index contributed by atoms with van der Waals surface area (Å²) >= 11 is 0. The van der Waals surface area contributed by atoms with Gasteiger partial charge in [-0.2, -0.15) is 5.10 Å². The number of rotatable bonds is 3. The van der Waals surface area contributed by atoms with E-state index in [9.17, 15) is 4.79 Å². The molecular weight excluding hydrogens is 278 g/mol. The van der Waals surface area contributed by atoms with E-state index in [0.717, 1.165) is 38.2 Å². The molecule has 3 rings (SSSR count). The summed E-state index contributed by atoms with van der Waals surface area (Å²) in [6.45, 7) is 6.60. The molecule has 1 saturated heterocycles. The van der Waals surface area contributed by atoms with Crippen LogP contribution in [0.3, 0.4) is 0 Å². The van der Waals surface area contributed by atoms with Crippen molar-refractivity contribution in [3.05, 3.63) is 41.7 Å².